The molecule has 1 aliphatic heterocycles. The van der Waals surface area contributed by atoms with Crippen LogP contribution in [0.25, 0.3) is 16.2 Å². The van der Waals surface area contributed by atoms with Crippen molar-refractivity contribution in [3.8, 4) is 22.8 Å². The molecule has 4 rings (SSSR count). The third-order valence-corrected chi connectivity index (χ3v) is 5.42. The first-order chi connectivity index (χ1) is 14.5. The largest absolute Gasteiger partial charge is 0.496 e. The fraction of sp³-hybridized carbons (Fsp3) is 0.235. The lowest BCUT2D eigenvalue weighted by molar-refractivity contribution is -0.385. The van der Waals surface area contributed by atoms with E-state index >= 15 is 0 Å². The highest BCUT2D eigenvalue weighted by atomic mass is 35.5. The molecular formula is C17H17Cl2N7O4S. The first-order valence-corrected chi connectivity index (χ1v) is 9.87. The van der Waals surface area contributed by atoms with Crippen LogP contribution >= 0.6 is 35.3 Å². The number of aliphatic imine (C=N–C) groups is 1. The summed E-state index contributed by atoms with van der Waals surface area (Å²) in [4.78, 5) is 20.3. The van der Waals surface area contributed by atoms with E-state index in [1.54, 1.807) is 16.8 Å². The number of rotatable bonds is 6. The number of hydrogen-bond acceptors (Lipinski definition) is 10. The highest BCUT2D eigenvalue weighted by molar-refractivity contribution is 7.20. The zero-order valence-electron chi connectivity index (χ0n) is 16.3. The normalized spacial score (nSPS) is 13.1. The Kier molecular flexibility index (Phi) is 6.83. The van der Waals surface area contributed by atoms with Crippen LogP contribution in [-0.2, 0) is 0 Å². The summed E-state index contributed by atoms with van der Waals surface area (Å²) in [6, 6.07) is 2.84. The molecule has 0 unspecified atom stereocenters. The van der Waals surface area contributed by atoms with Crippen molar-refractivity contribution in [2.45, 2.75) is 0 Å². The number of hydrogen-bond donors (Lipinski definition) is 2. The van der Waals surface area contributed by atoms with Gasteiger partial charge >= 0.3 is 5.69 Å². The second kappa shape index (κ2) is 9.37. The Labute approximate surface area is 191 Å². The smallest absolute Gasteiger partial charge is 0.314 e. The van der Waals surface area contributed by atoms with Crippen LogP contribution in [0.2, 0.25) is 4.34 Å². The molecule has 31 heavy (non-hydrogen) atoms. The molecule has 2 aromatic heterocycles. The maximum Gasteiger partial charge on any atom is 0.314 e. The number of aromatic nitrogens is 2. The fourth-order valence-electron chi connectivity index (χ4n) is 2.99. The summed E-state index contributed by atoms with van der Waals surface area (Å²) in [5.74, 6) is 0.950. The zero-order valence-corrected chi connectivity index (χ0v) is 18.7. The Morgan fingerprint density at radius 1 is 1.39 bits per heavy atom. The standard InChI is InChI=1S/C17H16ClN7O4S.ClH/c1-28-12-6-10(25(26)27)13(29-2)5-9(12)15-11(7-21-23-16-19-3-4-20-16)24-8-14(18)30-17(24)22-15;/h5-8H,3-4H2,1-2H3,(H2,19,20,23);1H/b21-7+;. The Morgan fingerprint density at radius 2 is 2.16 bits per heavy atom. The summed E-state index contributed by atoms with van der Waals surface area (Å²) in [7, 11) is 2.80. The average molecular weight is 486 g/mol. The number of imidazole rings is 1. The molecule has 0 spiro atoms. The summed E-state index contributed by atoms with van der Waals surface area (Å²) in [5.41, 5.74) is 4.27. The number of ether oxygens (including phenoxy) is 2. The number of fused-ring (bicyclic) bond motifs is 1. The van der Waals surface area contributed by atoms with Crippen molar-refractivity contribution < 1.29 is 14.4 Å². The van der Waals surface area contributed by atoms with Gasteiger partial charge in [-0.15, -0.1) is 12.4 Å². The summed E-state index contributed by atoms with van der Waals surface area (Å²) in [5, 5.41) is 18.7. The quantitative estimate of drug-likeness (QED) is 0.312. The number of hydrazone groups is 1. The molecule has 2 N–H and O–H groups in total. The minimum absolute atomic E-state index is 0. The van der Waals surface area contributed by atoms with Gasteiger partial charge in [-0.25, -0.2) is 15.4 Å². The molecule has 1 aliphatic rings. The molecule has 0 saturated heterocycles. The molecule has 1 aromatic carbocycles. The first-order valence-electron chi connectivity index (χ1n) is 8.67. The lowest BCUT2D eigenvalue weighted by Crippen LogP contribution is -2.30. The van der Waals surface area contributed by atoms with E-state index in [0.29, 0.717) is 38.8 Å². The van der Waals surface area contributed by atoms with Gasteiger partial charge in [-0.1, -0.05) is 22.9 Å². The Bertz CT molecular complexity index is 1190. The van der Waals surface area contributed by atoms with Crippen LogP contribution in [0.5, 0.6) is 11.5 Å². The lowest BCUT2D eigenvalue weighted by Gasteiger charge is -2.10. The number of guanidine groups is 1. The van der Waals surface area contributed by atoms with Gasteiger partial charge < -0.3 is 14.8 Å². The summed E-state index contributed by atoms with van der Waals surface area (Å²) in [6.07, 6.45) is 3.30. The van der Waals surface area contributed by atoms with Crippen molar-refractivity contribution in [2.75, 3.05) is 27.3 Å². The first kappa shape index (κ1) is 22.6. The van der Waals surface area contributed by atoms with Crippen molar-refractivity contribution in [3.63, 3.8) is 0 Å². The number of methoxy groups -OCH3 is 2. The van der Waals surface area contributed by atoms with E-state index in [1.807, 2.05) is 0 Å². The summed E-state index contributed by atoms with van der Waals surface area (Å²) in [6.45, 7) is 1.43. The molecule has 0 saturated carbocycles. The van der Waals surface area contributed by atoms with Crippen LogP contribution in [-0.4, -0.2) is 53.8 Å². The third kappa shape index (κ3) is 4.36. The number of nitro groups is 1. The predicted molar refractivity (Wildman–Crippen MR) is 122 cm³/mol. The molecule has 0 aliphatic carbocycles. The molecular weight excluding hydrogens is 469 g/mol. The van der Waals surface area contributed by atoms with E-state index < -0.39 is 4.92 Å². The molecule has 0 bridgehead atoms. The van der Waals surface area contributed by atoms with Gasteiger partial charge in [-0.05, 0) is 0 Å². The van der Waals surface area contributed by atoms with Crippen molar-refractivity contribution in [3.05, 3.63) is 38.5 Å². The van der Waals surface area contributed by atoms with Gasteiger partial charge in [0, 0.05) is 24.4 Å². The monoisotopic (exact) mass is 485 g/mol. The molecule has 0 atom stereocenters. The SMILES string of the molecule is COc1cc([N+](=O)[O-])c(OC)cc1-c1nc2sc(Cl)cn2c1/C=N/NC1=NCCN1.Cl. The fourth-order valence-corrected chi connectivity index (χ4v) is 4.02. The number of thiazole rings is 1. The van der Waals surface area contributed by atoms with Crippen LogP contribution in [0.1, 0.15) is 5.69 Å². The summed E-state index contributed by atoms with van der Waals surface area (Å²) < 4.78 is 13.0. The van der Waals surface area contributed by atoms with Crippen molar-refractivity contribution in [1.29, 1.82) is 0 Å². The van der Waals surface area contributed by atoms with Crippen molar-refractivity contribution in [1.82, 2.24) is 20.1 Å². The highest BCUT2D eigenvalue weighted by Crippen LogP contribution is 2.41. The minimum Gasteiger partial charge on any atom is -0.496 e. The van der Waals surface area contributed by atoms with E-state index in [-0.39, 0.29) is 29.6 Å². The Morgan fingerprint density at radius 3 is 2.81 bits per heavy atom. The summed E-state index contributed by atoms with van der Waals surface area (Å²) >= 11 is 7.43. The molecule has 0 radical (unpaired) electrons. The minimum atomic E-state index is -0.529. The van der Waals surface area contributed by atoms with Crippen molar-refractivity contribution >= 4 is 58.2 Å². The molecule has 14 heteroatoms. The van der Waals surface area contributed by atoms with Gasteiger partial charge in [0.25, 0.3) is 0 Å². The number of halogens is 2. The van der Waals surface area contributed by atoms with E-state index in [1.165, 1.54) is 37.7 Å². The van der Waals surface area contributed by atoms with Crippen molar-refractivity contribution in [2.24, 2.45) is 10.1 Å². The Balaban J connectivity index is 0.00000272. The van der Waals surface area contributed by atoms with Crippen LogP contribution in [0.15, 0.2) is 28.4 Å². The highest BCUT2D eigenvalue weighted by Gasteiger charge is 2.24. The van der Waals surface area contributed by atoms with Gasteiger partial charge in [-0.3, -0.25) is 14.5 Å². The van der Waals surface area contributed by atoms with Crippen LogP contribution in [0.3, 0.4) is 0 Å². The van der Waals surface area contributed by atoms with Gasteiger partial charge in [-0.2, -0.15) is 5.10 Å². The lowest BCUT2D eigenvalue weighted by atomic mass is 10.1. The number of nitrogens with zero attached hydrogens (tertiary/aromatic N) is 5. The van der Waals surface area contributed by atoms with Crippen LogP contribution in [0, 0.1) is 10.1 Å². The number of benzene rings is 1. The molecule has 3 aromatic rings. The van der Waals surface area contributed by atoms with E-state index in [2.05, 4.69) is 25.8 Å². The molecule has 164 valence electrons. The van der Waals surface area contributed by atoms with Gasteiger partial charge in [0.2, 0.25) is 5.96 Å². The van der Waals surface area contributed by atoms with Gasteiger partial charge in [0.1, 0.15) is 15.8 Å². The molecule has 0 fully saturated rings. The zero-order chi connectivity index (χ0) is 21.3. The number of nitro benzene ring substituents is 1. The Hall–Kier alpha value is -3.09. The molecule has 11 nitrogen and oxygen atoms in total. The molecule has 3 heterocycles. The van der Waals surface area contributed by atoms with E-state index in [9.17, 15) is 10.1 Å². The van der Waals surface area contributed by atoms with Gasteiger partial charge in [0.05, 0.1) is 43.7 Å². The number of nitrogens with one attached hydrogen (secondary N) is 2. The third-order valence-electron chi connectivity index (χ3n) is 4.32. The predicted octanol–water partition coefficient (Wildman–Crippen LogP) is 2.95. The van der Waals surface area contributed by atoms with E-state index in [4.69, 9.17) is 21.1 Å². The topological polar surface area (TPSA) is 128 Å². The van der Waals surface area contributed by atoms with E-state index in [0.717, 1.165) is 6.54 Å². The maximum absolute atomic E-state index is 11.4. The second-order valence-corrected chi connectivity index (χ2v) is 7.68. The maximum atomic E-state index is 11.4. The van der Waals surface area contributed by atoms with Gasteiger partial charge in [0.15, 0.2) is 10.7 Å². The average Bonchev–Trinajstić information content (AvgIpc) is 3.44. The second-order valence-electron chi connectivity index (χ2n) is 6.04. The van der Waals surface area contributed by atoms with Crippen LogP contribution in [0.4, 0.5) is 5.69 Å². The molecule has 0 amide bonds. The van der Waals surface area contributed by atoms with Crippen LogP contribution < -0.4 is 20.2 Å².